The summed E-state index contributed by atoms with van der Waals surface area (Å²) in [5.74, 6) is 1.95. The second-order valence-corrected chi connectivity index (χ2v) is 7.37. The van der Waals surface area contributed by atoms with Crippen molar-refractivity contribution in [3.8, 4) is 18.4 Å². The summed E-state index contributed by atoms with van der Waals surface area (Å²) in [4.78, 5) is 43.6. The number of terminal acetylenes is 1. The first-order valence-corrected chi connectivity index (χ1v) is 9.49. The quantitative estimate of drug-likeness (QED) is 0.667. The highest BCUT2D eigenvalue weighted by atomic mass is 16.5. The van der Waals surface area contributed by atoms with Crippen molar-refractivity contribution >= 4 is 17.7 Å². The van der Waals surface area contributed by atoms with Gasteiger partial charge in [0.1, 0.15) is 18.7 Å². The molecule has 29 heavy (non-hydrogen) atoms. The lowest BCUT2D eigenvalue weighted by molar-refractivity contribution is -0.162. The number of hydrogen-bond acceptors (Lipinski definition) is 5. The van der Waals surface area contributed by atoms with Gasteiger partial charge in [-0.2, -0.15) is 5.26 Å². The molecule has 0 N–H and O–H groups in total. The zero-order chi connectivity index (χ0) is 20.5. The Morgan fingerprint density at radius 1 is 1.10 bits per heavy atom. The lowest BCUT2D eigenvalue weighted by Gasteiger charge is -2.47. The summed E-state index contributed by atoms with van der Waals surface area (Å²) in [5, 5.41) is 8.90. The summed E-state index contributed by atoms with van der Waals surface area (Å²) in [6, 6.07) is 7.21. The average molecular weight is 392 g/mol. The van der Waals surface area contributed by atoms with Gasteiger partial charge in [0.2, 0.25) is 11.8 Å². The number of nitriles is 1. The van der Waals surface area contributed by atoms with Crippen LogP contribution in [-0.4, -0.2) is 83.4 Å². The number of piperazine rings is 2. The fourth-order valence-corrected chi connectivity index (χ4v) is 4.26. The molecule has 0 spiro atoms. The van der Waals surface area contributed by atoms with E-state index in [4.69, 9.17) is 16.4 Å². The molecule has 3 heterocycles. The number of fused-ring (bicyclic) bond motifs is 2. The molecule has 4 rings (SSSR count). The Bertz CT molecular complexity index is 929. The third-order valence-electron chi connectivity index (χ3n) is 5.73. The molecule has 3 fully saturated rings. The molecule has 0 unspecified atom stereocenters. The number of carbonyl (C=O) groups excluding carboxylic acids is 3. The minimum atomic E-state index is -0.679. The number of hydrogen-bond donors (Lipinski definition) is 0. The Kier molecular flexibility index (Phi) is 4.96. The Morgan fingerprint density at radius 2 is 1.83 bits per heavy atom. The van der Waals surface area contributed by atoms with Crippen LogP contribution in [0.15, 0.2) is 24.3 Å². The lowest BCUT2D eigenvalue weighted by Crippen LogP contribution is -2.69. The van der Waals surface area contributed by atoms with Gasteiger partial charge in [0, 0.05) is 31.6 Å². The monoisotopic (exact) mass is 392 g/mol. The van der Waals surface area contributed by atoms with Crippen LogP contribution in [0.25, 0.3) is 0 Å². The van der Waals surface area contributed by atoms with E-state index in [1.807, 2.05) is 6.07 Å². The van der Waals surface area contributed by atoms with E-state index in [-0.39, 0.29) is 37.0 Å². The topological polar surface area (TPSA) is 94.0 Å². The first-order valence-electron chi connectivity index (χ1n) is 9.49. The number of ether oxygens (including phenoxy) is 1. The van der Waals surface area contributed by atoms with Crippen LogP contribution in [0.1, 0.15) is 22.3 Å². The molecule has 148 valence electrons. The zero-order valence-electron chi connectivity index (χ0n) is 15.8. The van der Waals surface area contributed by atoms with Gasteiger partial charge < -0.3 is 19.4 Å². The van der Waals surface area contributed by atoms with Gasteiger partial charge in [0.15, 0.2) is 0 Å². The maximum atomic E-state index is 13.1. The molecule has 3 aliphatic rings. The molecule has 1 aromatic rings. The summed E-state index contributed by atoms with van der Waals surface area (Å²) in [5.41, 5.74) is 0.926. The van der Waals surface area contributed by atoms with E-state index in [0.717, 1.165) is 0 Å². The van der Waals surface area contributed by atoms with Crippen LogP contribution < -0.4 is 0 Å². The van der Waals surface area contributed by atoms with Crippen molar-refractivity contribution in [1.29, 1.82) is 5.26 Å². The summed E-state index contributed by atoms with van der Waals surface area (Å²) in [6.45, 7) is 1.32. The van der Waals surface area contributed by atoms with Gasteiger partial charge in [-0.3, -0.25) is 14.4 Å². The number of amides is 3. The molecular formula is C21H20N4O4. The third-order valence-corrected chi connectivity index (χ3v) is 5.73. The van der Waals surface area contributed by atoms with E-state index >= 15 is 0 Å². The standard InChI is InChI=1S/C21H20N4O4/c1-2-9-29-16-10-17-20(27)24-8-7-23(13-18(24)21(28)25(17)12-16)19(26)15-5-3-14(11-22)4-6-15/h1,3-6,16-18H,7-10,12-13H2/t16-,17+,18-/m0/s1. The van der Waals surface area contributed by atoms with Gasteiger partial charge in [-0.1, -0.05) is 5.92 Å². The summed E-state index contributed by atoms with van der Waals surface area (Å²) >= 11 is 0. The number of rotatable bonds is 3. The van der Waals surface area contributed by atoms with Gasteiger partial charge in [0.25, 0.3) is 5.91 Å². The van der Waals surface area contributed by atoms with E-state index in [1.54, 1.807) is 39.0 Å². The molecule has 1 aromatic carbocycles. The predicted molar refractivity (Wildman–Crippen MR) is 101 cm³/mol. The van der Waals surface area contributed by atoms with Crippen molar-refractivity contribution in [2.45, 2.75) is 24.6 Å². The summed E-state index contributed by atoms with van der Waals surface area (Å²) < 4.78 is 5.54. The Balaban J connectivity index is 1.48. The Labute approximate surface area is 168 Å². The van der Waals surface area contributed by atoms with E-state index in [2.05, 4.69) is 5.92 Å². The third kappa shape index (κ3) is 3.32. The molecule has 3 amide bonds. The number of benzene rings is 1. The van der Waals surface area contributed by atoms with Crippen molar-refractivity contribution in [3.05, 3.63) is 35.4 Å². The highest BCUT2D eigenvalue weighted by molar-refractivity contribution is 5.99. The minimum Gasteiger partial charge on any atom is -0.364 e. The highest BCUT2D eigenvalue weighted by Gasteiger charge is 2.52. The molecule has 3 saturated heterocycles. The van der Waals surface area contributed by atoms with E-state index in [9.17, 15) is 14.4 Å². The van der Waals surface area contributed by atoms with Crippen LogP contribution in [0.2, 0.25) is 0 Å². The van der Waals surface area contributed by atoms with E-state index < -0.39 is 12.1 Å². The summed E-state index contributed by atoms with van der Waals surface area (Å²) in [7, 11) is 0. The second kappa shape index (κ2) is 7.57. The first-order chi connectivity index (χ1) is 14.0. The molecule has 0 radical (unpaired) electrons. The van der Waals surface area contributed by atoms with Gasteiger partial charge in [-0.15, -0.1) is 6.42 Å². The maximum absolute atomic E-state index is 13.1. The molecule has 3 aliphatic heterocycles. The van der Waals surface area contributed by atoms with Crippen molar-refractivity contribution < 1.29 is 19.1 Å². The molecule has 8 nitrogen and oxygen atoms in total. The zero-order valence-corrected chi connectivity index (χ0v) is 15.8. The van der Waals surface area contributed by atoms with Crippen LogP contribution in [0, 0.1) is 23.7 Å². The molecule has 3 atom stereocenters. The SMILES string of the molecule is C#CCO[C@H]1C[C@@H]2C(=O)N3CCN(C(=O)c4ccc(C#N)cc4)C[C@H]3C(=O)N2C1. The Morgan fingerprint density at radius 3 is 2.52 bits per heavy atom. The van der Waals surface area contributed by atoms with Crippen molar-refractivity contribution in [2.75, 3.05) is 32.8 Å². The average Bonchev–Trinajstić information content (AvgIpc) is 3.20. The van der Waals surface area contributed by atoms with Gasteiger partial charge in [-0.25, -0.2) is 0 Å². The van der Waals surface area contributed by atoms with Crippen LogP contribution >= 0.6 is 0 Å². The van der Waals surface area contributed by atoms with Crippen LogP contribution in [0.4, 0.5) is 0 Å². The fourth-order valence-electron chi connectivity index (χ4n) is 4.26. The number of carbonyl (C=O) groups is 3. The molecule has 8 heteroatoms. The van der Waals surface area contributed by atoms with Crippen LogP contribution in [0.5, 0.6) is 0 Å². The lowest BCUT2D eigenvalue weighted by atomic mass is 10.0. The maximum Gasteiger partial charge on any atom is 0.253 e. The Hall–Kier alpha value is -3.36. The first kappa shape index (κ1) is 19.0. The molecule has 0 bridgehead atoms. The summed E-state index contributed by atoms with van der Waals surface area (Å²) in [6.07, 6.45) is 5.43. The van der Waals surface area contributed by atoms with Crippen molar-refractivity contribution in [1.82, 2.24) is 14.7 Å². The van der Waals surface area contributed by atoms with Crippen LogP contribution in [0.3, 0.4) is 0 Å². The van der Waals surface area contributed by atoms with Crippen molar-refractivity contribution in [3.63, 3.8) is 0 Å². The highest BCUT2D eigenvalue weighted by Crippen LogP contribution is 2.30. The van der Waals surface area contributed by atoms with Crippen molar-refractivity contribution in [2.24, 2.45) is 0 Å². The largest absolute Gasteiger partial charge is 0.364 e. The predicted octanol–water partition coefficient (Wildman–Crippen LogP) is -0.156. The fraction of sp³-hybridized carbons (Fsp3) is 0.429. The van der Waals surface area contributed by atoms with Gasteiger partial charge >= 0.3 is 0 Å². The molecular weight excluding hydrogens is 372 g/mol. The van der Waals surface area contributed by atoms with Gasteiger partial charge in [0.05, 0.1) is 24.3 Å². The second-order valence-electron chi connectivity index (χ2n) is 7.37. The van der Waals surface area contributed by atoms with Crippen LogP contribution in [-0.2, 0) is 14.3 Å². The molecule has 0 aromatic heterocycles. The van der Waals surface area contributed by atoms with E-state index in [0.29, 0.717) is 37.2 Å². The number of nitrogens with zero attached hydrogens (tertiary/aromatic N) is 4. The molecule has 0 saturated carbocycles. The normalized spacial score (nSPS) is 25.9. The van der Waals surface area contributed by atoms with Gasteiger partial charge in [-0.05, 0) is 24.3 Å². The minimum absolute atomic E-state index is 0.0909. The smallest absolute Gasteiger partial charge is 0.253 e. The molecule has 0 aliphatic carbocycles. The van der Waals surface area contributed by atoms with E-state index in [1.165, 1.54) is 0 Å².